The third-order valence-corrected chi connectivity index (χ3v) is 3.19. The highest BCUT2D eigenvalue weighted by atomic mass is 16.3. The molecule has 0 amide bonds. The minimum Gasteiger partial charge on any atom is -0.447 e. The Balaban J connectivity index is 1.87. The molecule has 1 aromatic rings. The minimum absolute atomic E-state index is 0.229. The first-order valence-corrected chi connectivity index (χ1v) is 5.03. The van der Waals surface area contributed by atoms with Crippen LogP contribution in [0.25, 0.3) is 0 Å². The summed E-state index contributed by atoms with van der Waals surface area (Å²) in [6.45, 7) is 0. The number of nitrogens with two attached hydrogens (primary N) is 1. The maximum absolute atomic E-state index is 6.10. The van der Waals surface area contributed by atoms with Crippen LogP contribution in [0.5, 0.6) is 0 Å². The fourth-order valence-corrected chi connectivity index (χ4v) is 1.85. The molecule has 2 N–H and O–H groups in total. The van der Waals surface area contributed by atoms with Crippen molar-refractivity contribution in [3.8, 4) is 0 Å². The van der Waals surface area contributed by atoms with Crippen molar-refractivity contribution >= 4 is 0 Å². The lowest BCUT2D eigenvalue weighted by Gasteiger charge is -2.34. The number of hydrogen-bond acceptors (Lipinski definition) is 3. The standard InChI is InChI=1S/C10H14N2O/c11-10(4-1-5-10)9-12-8(6-13-9)7-2-3-7/h6-7H,1-5,11H2. The fraction of sp³-hybridized carbons (Fsp3) is 0.700. The van der Waals surface area contributed by atoms with Gasteiger partial charge in [-0.3, -0.25) is 0 Å². The van der Waals surface area contributed by atoms with Gasteiger partial charge in [-0.25, -0.2) is 4.98 Å². The highest BCUT2D eigenvalue weighted by Crippen LogP contribution is 2.42. The Labute approximate surface area is 77.3 Å². The van der Waals surface area contributed by atoms with E-state index in [1.54, 1.807) is 6.26 Å². The van der Waals surface area contributed by atoms with Crippen molar-refractivity contribution in [2.24, 2.45) is 5.73 Å². The van der Waals surface area contributed by atoms with Gasteiger partial charge in [-0.2, -0.15) is 0 Å². The number of hydrogen-bond donors (Lipinski definition) is 1. The van der Waals surface area contributed by atoms with Gasteiger partial charge < -0.3 is 10.2 Å². The molecular formula is C10H14N2O. The molecule has 0 spiro atoms. The largest absolute Gasteiger partial charge is 0.447 e. The predicted octanol–water partition coefficient (Wildman–Crippen LogP) is 1.89. The summed E-state index contributed by atoms with van der Waals surface area (Å²) in [4.78, 5) is 4.47. The second-order valence-corrected chi connectivity index (χ2v) is 4.36. The van der Waals surface area contributed by atoms with Gasteiger partial charge in [0.1, 0.15) is 6.26 Å². The maximum atomic E-state index is 6.10. The van der Waals surface area contributed by atoms with Crippen LogP contribution in [0.1, 0.15) is 49.6 Å². The van der Waals surface area contributed by atoms with Gasteiger partial charge in [0.2, 0.25) is 5.89 Å². The summed E-state index contributed by atoms with van der Waals surface area (Å²) in [5.41, 5.74) is 6.99. The molecule has 2 aliphatic carbocycles. The van der Waals surface area contributed by atoms with Crippen molar-refractivity contribution in [3.63, 3.8) is 0 Å². The Hall–Kier alpha value is -0.830. The van der Waals surface area contributed by atoms with E-state index in [9.17, 15) is 0 Å². The van der Waals surface area contributed by atoms with Gasteiger partial charge in [0.15, 0.2) is 0 Å². The molecule has 0 saturated heterocycles. The number of nitrogens with zero attached hydrogens (tertiary/aromatic N) is 1. The Morgan fingerprint density at radius 2 is 2.23 bits per heavy atom. The first-order valence-electron chi connectivity index (χ1n) is 5.03. The Kier molecular flexibility index (Phi) is 1.37. The summed E-state index contributed by atoms with van der Waals surface area (Å²) in [7, 11) is 0. The fourth-order valence-electron chi connectivity index (χ4n) is 1.85. The van der Waals surface area contributed by atoms with Crippen molar-refractivity contribution in [1.82, 2.24) is 4.98 Å². The second kappa shape index (κ2) is 2.35. The zero-order chi connectivity index (χ0) is 8.89. The van der Waals surface area contributed by atoms with Crippen LogP contribution in [-0.4, -0.2) is 4.98 Å². The molecule has 0 radical (unpaired) electrons. The molecule has 1 aromatic heterocycles. The predicted molar refractivity (Wildman–Crippen MR) is 48.2 cm³/mol. The molecule has 0 unspecified atom stereocenters. The topological polar surface area (TPSA) is 52.0 Å². The highest BCUT2D eigenvalue weighted by Gasteiger charge is 2.40. The van der Waals surface area contributed by atoms with Crippen LogP contribution < -0.4 is 5.73 Å². The van der Waals surface area contributed by atoms with E-state index in [0.717, 1.165) is 24.4 Å². The van der Waals surface area contributed by atoms with Crippen molar-refractivity contribution < 1.29 is 4.42 Å². The molecule has 2 saturated carbocycles. The van der Waals surface area contributed by atoms with Crippen LogP contribution in [0.2, 0.25) is 0 Å². The van der Waals surface area contributed by atoms with Crippen molar-refractivity contribution in [3.05, 3.63) is 17.8 Å². The van der Waals surface area contributed by atoms with E-state index in [0.29, 0.717) is 5.92 Å². The lowest BCUT2D eigenvalue weighted by Crippen LogP contribution is -2.43. The Bertz CT molecular complexity index is 323. The van der Waals surface area contributed by atoms with E-state index < -0.39 is 0 Å². The van der Waals surface area contributed by atoms with Gasteiger partial charge >= 0.3 is 0 Å². The number of aromatic nitrogens is 1. The summed E-state index contributed by atoms with van der Waals surface area (Å²) in [6, 6.07) is 0. The van der Waals surface area contributed by atoms with Crippen molar-refractivity contribution in [2.75, 3.05) is 0 Å². The average molecular weight is 178 g/mol. The van der Waals surface area contributed by atoms with Crippen molar-refractivity contribution in [2.45, 2.75) is 43.6 Å². The molecule has 13 heavy (non-hydrogen) atoms. The van der Waals surface area contributed by atoms with Crippen LogP contribution >= 0.6 is 0 Å². The van der Waals surface area contributed by atoms with Crippen LogP contribution in [0, 0.1) is 0 Å². The lowest BCUT2D eigenvalue weighted by atomic mass is 9.78. The van der Waals surface area contributed by atoms with Crippen LogP contribution in [0.3, 0.4) is 0 Å². The summed E-state index contributed by atoms with van der Waals surface area (Å²) in [5.74, 6) is 1.43. The van der Waals surface area contributed by atoms with Gasteiger partial charge in [0.05, 0.1) is 11.2 Å². The van der Waals surface area contributed by atoms with E-state index in [1.165, 1.54) is 19.3 Å². The van der Waals surface area contributed by atoms with E-state index in [1.807, 2.05) is 0 Å². The minimum atomic E-state index is -0.229. The molecule has 3 heteroatoms. The smallest absolute Gasteiger partial charge is 0.214 e. The van der Waals surface area contributed by atoms with Crippen molar-refractivity contribution in [1.29, 1.82) is 0 Å². The normalized spacial score (nSPS) is 25.6. The molecule has 0 atom stereocenters. The van der Waals surface area contributed by atoms with Crippen LogP contribution in [0.4, 0.5) is 0 Å². The lowest BCUT2D eigenvalue weighted by molar-refractivity contribution is 0.198. The number of oxazole rings is 1. The van der Waals surface area contributed by atoms with Gasteiger partial charge in [-0.05, 0) is 32.1 Å². The molecule has 3 rings (SSSR count). The van der Waals surface area contributed by atoms with Gasteiger partial charge in [0, 0.05) is 5.92 Å². The van der Waals surface area contributed by atoms with Gasteiger partial charge in [-0.1, -0.05) is 0 Å². The zero-order valence-electron chi connectivity index (χ0n) is 7.62. The highest BCUT2D eigenvalue weighted by molar-refractivity contribution is 5.15. The molecule has 0 aromatic carbocycles. The molecule has 1 heterocycles. The van der Waals surface area contributed by atoms with E-state index >= 15 is 0 Å². The van der Waals surface area contributed by atoms with E-state index in [4.69, 9.17) is 10.2 Å². The first kappa shape index (κ1) is 7.56. The molecule has 0 bridgehead atoms. The molecule has 0 aliphatic heterocycles. The summed E-state index contributed by atoms with van der Waals surface area (Å²) in [5, 5.41) is 0. The van der Waals surface area contributed by atoms with E-state index in [2.05, 4.69) is 4.98 Å². The maximum Gasteiger partial charge on any atom is 0.214 e. The molecule has 3 nitrogen and oxygen atoms in total. The Morgan fingerprint density at radius 3 is 2.77 bits per heavy atom. The third kappa shape index (κ3) is 1.10. The SMILES string of the molecule is NC1(c2nc(C3CC3)co2)CCC1. The van der Waals surface area contributed by atoms with E-state index in [-0.39, 0.29) is 5.54 Å². The molecular weight excluding hydrogens is 164 g/mol. The van der Waals surface area contributed by atoms with Crippen LogP contribution in [-0.2, 0) is 5.54 Å². The summed E-state index contributed by atoms with van der Waals surface area (Å²) >= 11 is 0. The number of rotatable bonds is 2. The van der Waals surface area contributed by atoms with Gasteiger partial charge in [-0.15, -0.1) is 0 Å². The molecule has 2 aliphatic rings. The third-order valence-electron chi connectivity index (χ3n) is 3.19. The second-order valence-electron chi connectivity index (χ2n) is 4.36. The zero-order valence-corrected chi connectivity index (χ0v) is 7.62. The molecule has 70 valence electrons. The molecule has 2 fully saturated rings. The first-order chi connectivity index (χ1) is 6.28. The van der Waals surface area contributed by atoms with Gasteiger partial charge in [0.25, 0.3) is 0 Å². The summed E-state index contributed by atoms with van der Waals surface area (Å²) < 4.78 is 5.44. The van der Waals surface area contributed by atoms with Crippen LogP contribution in [0.15, 0.2) is 10.7 Å². The average Bonchev–Trinajstić information content (AvgIpc) is 2.80. The quantitative estimate of drug-likeness (QED) is 0.752. The Morgan fingerprint density at radius 1 is 1.46 bits per heavy atom. The summed E-state index contributed by atoms with van der Waals surface area (Å²) in [6.07, 6.45) is 7.58. The monoisotopic (exact) mass is 178 g/mol.